The summed E-state index contributed by atoms with van der Waals surface area (Å²) in [6, 6.07) is 9.84. The molecule has 0 aromatic heterocycles. The van der Waals surface area contributed by atoms with E-state index in [0.29, 0.717) is 41.8 Å². The number of rotatable bonds is 11. The largest absolute Gasteiger partial charge is 0.493 e. The van der Waals surface area contributed by atoms with E-state index in [9.17, 15) is 14.9 Å². The number of nitro benzene ring substituents is 1. The highest BCUT2D eigenvalue weighted by Gasteiger charge is 2.15. The van der Waals surface area contributed by atoms with E-state index in [2.05, 4.69) is 16.0 Å². The van der Waals surface area contributed by atoms with Gasteiger partial charge in [0, 0.05) is 37.3 Å². The van der Waals surface area contributed by atoms with Crippen molar-refractivity contribution in [3.8, 4) is 11.5 Å². The smallest absolute Gasteiger partial charge is 0.271 e. The van der Waals surface area contributed by atoms with Crippen molar-refractivity contribution in [1.82, 2.24) is 10.6 Å². The lowest BCUT2D eigenvalue weighted by Crippen LogP contribution is -2.43. The molecule has 1 amide bonds. The number of non-ortho nitro benzene ring substituents is 1. The molecule has 0 aliphatic heterocycles. The van der Waals surface area contributed by atoms with Crippen molar-refractivity contribution in [3.05, 3.63) is 57.1 Å². The minimum Gasteiger partial charge on any atom is -0.493 e. The van der Waals surface area contributed by atoms with E-state index < -0.39 is 4.92 Å². The Balaban J connectivity index is 1.80. The zero-order chi connectivity index (χ0) is 23.7. The van der Waals surface area contributed by atoms with E-state index in [1.807, 2.05) is 32.9 Å². The van der Waals surface area contributed by atoms with E-state index in [1.165, 1.54) is 12.1 Å². The van der Waals surface area contributed by atoms with Crippen LogP contribution in [0.2, 0.25) is 5.02 Å². The molecule has 0 fully saturated rings. The Morgan fingerprint density at radius 3 is 2.50 bits per heavy atom. The summed E-state index contributed by atoms with van der Waals surface area (Å²) in [5.41, 5.74) is 1.26. The number of hydrogen-bond donors (Lipinski definition) is 3. The number of hydrogen-bond acceptors (Lipinski definition) is 7. The molecule has 9 nitrogen and oxygen atoms in total. The molecule has 3 N–H and O–H groups in total. The highest BCUT2D eigenvalue weighted by molar-refractivity contribution is 6.33. The molecule has 0 bridgehead atoms. The van der Waals surface area contributed by atoms with Gasteiger partial charge < -0.3 is 25.4 Å². The van der Waals surface area contributed by atoms with Gasteiger partial charge in [-0.25, -0.2) is 0 Å². The molecule has 0 saturated carbocycles. The first-order valence-electron chi connectivity index (χ1n) is 10.1. The molecule has 2 aromatic carbocycles. The zero-order valence-corrected chi connectivity index (χ0v) is 19.4. The van der Waals surface area contributed by atoms with E-state index in [1.54, 1.807) is 19.2 Å². The topological polar surface area (TPSA) is 115 Å². The van der Waals surface area contributed by atoms with E-state index in [-0.39, 0.29) is 23.7 Å². The first kappa shape index (κ1) is 25.2. The van der Waals surface area contributed by atoms with Gasteiger partial charge in [-0.15, -0.1) is 0 Å². The van der Waals surface area contributed by atoms with Crippen molar-refractivity contribution in [2.75, 3.05) is 32.1 Å². The summed E-state index contributed by atoms with van der Waals surface area (Å²) in [5, 5.41) is 20.3. The van der Waals surface area contributed by atoms with Crippen LogP contribution in [-0.2, 0) is 11.3 Å². The maximum atomic E-state index is 11.9. The van der Waals surface area contributed by atoms with Crippen molar-refractivity contribution >= 4 is 28.9 Å². The Bertz CT molecular complexity index is 946. The Labute approximate surface area is 192 Å². The lowest BCUT2D eigenvalue weighted by molar-refractivity contribution is -0.384. The molecular weight excluding hydrogens is 436 g/mol. The minimum atomic E-state index is -0.484. The predicted octanol–water partition coefficient (Wildman–Crippen LogP) is 3.75. The number of nitrogens with one attached hydrogen (secondary N) is 3. The van der Waals surface area contributed by atoms with Gasteiger partial charge in [-0.2, -0.15) is 0 Å². The summed E-state index contributed by atoms with van der Waals surface area (Å²) in [7, 11) is 1.55. The maximum Gasteiger partial charge on any atom is 0.271 e. The fourth-order valence-corrected chi connectivity index (χ4v) is 3.06. The monoisotopic (exact) mass is 464 g/mol. The molecule has 0 aliphatic carbocycles. The van der Waals surface area contributed by atoms with E-state index in [4.69, 9.17) is 21.1 Å². The molecule has 0 aliphatic rings. The summed E-state index contributed by atoms with van der Waals surface area (Å²) >= 11 is 6.07. The second-order valence-electron chi connectivity index (χ2n) is 8.10. The molecule has 0 radical (unpaired) electrons. The molecule has 174 valence electrons. The quantitative estimate of drug-likeness (QED) is 0.263. The Kier molecular flexibility index (Phi) is 9.10. The summed E-state index contributed by atoms with van der Waals surface area (Å²) in [4.78, 5) is 22.2. The summed E-state index contributed by atoms with van der Waals surface area (Å²) < 4.78 is 11.0. The Morgan fingerprint density at radius 2 is 1.88 bits per heavy atom. The third-order valence-electron chi connectivity index (χ3n) is 4.21. The third kappa shape index (κ3) is 8.24. The van der Waals surface area contributed by atoms with Crippen LogP contribution in [0.3, 0.4) is 0 Å². The van der Waals surface area contributed by atoms with Crippen LogP contribution in [0.25, 0.3) is 0 Å². The van der Waals surface area contributed by atoms with Crippen molar-refractivity contribution in [2.24, 2.45) is 0 Å². The molecule has 2 aromatic rings. The first-order chi connectivity index (χ1) is 15.1. The summed E-state index contributed by atoms with van der Waals surface area (Å²) in [6.45, 7) is 7.44. The number of halogens is 1. The third-order valence-corrected chi connectivity index (χ3v) is 4.52. The van der Waals surface area contributed by atoms with Gasteiger partial charge in [0.15, 0.2) is 18.1 Å². The lowest BCUT2D eigenvalue weighted by atomic mass is 10.1. The van der Waals surface area contributed by atoms with Crippen molar-refractivity contribution in [2.45, 2.75) is 32.9 Å². The number of ether oxygens (including phenoxy) is 2. The van der Waals surface area contributed by atoms with Crippen LogP contribution >= 0.6 is 11.6 Å². The SMILES string of the molecule is COc1cc(CNCCNc2ccc([N+](=O)[O-])cc2Cl)ccc1OCC(=O)NC(C)(C)C. The van der Waals surface area contributed by atoms with Gasteiger partial charge >= 0.3 is 0 Å². The lowest BCUT2D eigenvalue weighted by Gasteiger charge is -2.20. The van der Waals surface area contributed by atoms with Crippen molar-refractivity contribution < 1.29 is 19.2 Å². The highest BCUT2D eigenvalue weighted by Crippen LogP contribution is 2.28. The predicted molar refractivity (Wildman–Crippen MR) is 125 cm³/mol. The van der Waals surface area contributed by atoms with Crippen LogP contribution in [0.1, 0.15) is 26.3 Å². The highest BCUT2D eigenvalue weighted by atomic mass is 35.5. The summed E-state index contributed by atoms with van der Waals surface area (Å²) in [5.74, 6) is 0.837. The van der Waals surface area contributed by atoms with Gasteiger partial charge in [0.25, 0.3) is 11.6 Å². The number of carbonyl (C=O) groups is 1. The van der Waals surface area contributed by atoms with Crippen LogP contribution in [0, 0.1) is 10.1 Å². The molecule has 0 unspecified atom stereocenters. The number of nitrogens with zero attached hydrogens (tertiary/aromatic N) is 1. The number of amides is 1. The van der Waals surface area contributed by atoms with Gasteiger partial charge in [0.05, 0.1) is 22.7 Å². The molecule has 0 saturated heterocycles. The minimum absolute atomic E-state index is 0.0464. The van der Waals surface area contributed by atoms with E-state index in [0.717, 1.165) is 5.56 Å². The van der Waals surface area contributed by atoms with Gasteiger partial charge in [-0.1, -0.05) is 17.7 Å². The number of carbonyl (C=O) groups excluding carboxylic acids is 1. The number of benzene rings is 2. The van der Waals surface area contributed by atoms with Gasteiger partial charge in [-0.05, 0) is 44.5 Å². The van der Waals surface area contributed by atoms with Gasteiger partial charge in [-0.3, -0.25) is 14.9 Å². The fraction of sp³-hybridized carbons (Fsp3) is 0.409. The zero-order valence-electron chi connectivity index (χ0n) is 18.7. The molecule has 10 heteroatoms. The molecular formula is C22H29ClN4O5. The second kappa shape index (κ2) is 11.5. The molecule has 0 heterocycles. The average molecular weight is 465 g/mol. The van der Waals surface area contributed by atoms with Crippen molar-refractivity contribution in [3.63, 3.8) is 0 Å². The van der Waals surface area contributed by atoms with Gasteiger partial charge in [0.1, 0.15) is 0 Å². The van der Waals surface area contributed by atoms with Crippen LogP contribution in [0.4, 0.5) is 11.4 Å². The number of anilines is 1. The number of methoxy groups -OCH3 is 1. The maximum absolute atomic E-state index is 11.9. The standard InChI is InChI=1S/C22H29ClN4O5/c1-22(2,3)26-21(28)14-32-19-8-5-15(11-20(19)31-4)13-24-9-10-25-18-7-6-16(27(29)30)12-17(18)23/h5-8,11-12,24-25H,9-10,13-14H2,1-4H3,(H,26,28). The average Bonchev–Trinajstić information content (AvgIpc) is 2.71. The molecule has 32 heavy (non-hydrogen) atoms. The van der Waals surface area contributed by atoms with Crippen molar-refractivity contribution in [1.29, 1.82) is 0 Å². The first-order valence-corrected chi connectivity index (χ1v) is 10.5. The Morgan fingerprint density at radius 1 is 1.12 bits per heavy atom. The molecule has 0 atom stereocenters. The fourth-order valence-electron chi connectivity index (χ4n) is 2.82. The normalized spacial score (nSPS) is 11.0. The summed E-state index contributed by atoms with van der Waals surface area (Å²) in [6.07, 6.45) is 0. The molecule has 0 spiro atoms. The van der Waals surface area contributed by atoms with Crippen LogP contribution in [-0.4, -0.2) is 43.2 Å². The van der Waals surface area contributed by atoms with E-state index >= 15 is 0 Å². The van der Waals surface area contributed by atoms with Crippen LogP contribution in [0.15, 0.2) is 36.4 Å². The van der Waals surface area contributed by atoms with Gasteiger partial charge in [0.2, 0.25) is 0 Å². The second-order valence-corrected chi connectivity index (χ2v) is 8.50. The Hall–Kier alpha value is -3.04. The van der Waals surface area contributed by atoms with Crippen LogP contribution in [0.5, 0.6) is 11.5 Å². The molecule has 2 rings (SSSR count). The number of nitro groups is 1. The van der Waals surface area contributed by atoms with Crippen LogP contribution < -0.4 is 25.4 Å².